The average Bonchev–Trinajstić information content (AvgIpc) is 2.32. The summed E-state index contributed by atoms with van der Waals surface area (Å²) in [4.78, 5) is 15.7. The van der Waals surface area contributed by atoms with E-state index < -0.39 is 11.7 Å². The van der Waals surface area contributed by atoms with Crippen LogP contribution in [0.4, 0.5) is 10.1 Å². The lowest BCUT2D eigenvalue weighted by atomic mass is 10.2. The third-order valence-electron chi connectivity index (χ3n) is 2.20. The van der Waals surface area contributed by atoms with Gasteiger partial charge in [0.25, 0.3) is 5.91 Å². The molecule has 1 heterocycles. The molecule has 1 aromatic heterocycles. The number of nitrogens with zero attached hydrogens (tertiary/aromatic N) is 1. The van der Waals surface area contributed by atoms with E-state index in [1.165, 1.54) is 12.1 Å². The number of amides is 1. The zero-order valence-electron chi connectivity index (χ0n) is 9.02. The highest BCUT2D eigenvalue weighted by Gasteiger charge is 2.13. The van der Waals surface area contributed by atoms with E-state index >= 15 is 0 Å². The number of hydrogen-bond acceptors (Lipinski definition) is 3. The van der Waals surface area contributed by atoms with Gasteiger partial charge in [-0.15, -0.1) is 0 Å². The van der Waals surface area contributed by atoms with Crippen LogP contribution in [0.3, 0.4) is 0 Å². The molecule has 2 N–H and O–H groups in total. The van der Waals surface area contributed by atoms with Crippen molar-refractivity contribution < 1.29 is 14.3 Å². The van der Waals surface area contributed by atoms with Crippen molar-refractivity contribution in [3.8, 4) is 5.75 Å². The van der Waals surface area contributed by atoms with Crippen molar-refractivity contribution >= 4 is 27.5 Å². The Kier molecular flexibility index (Phi) is 3.57. The Labute approximate surface area is 111 Å². The van der Waals surface area contributed by atoms with Crippen molar-refractivity contribution in [3.05, 3.63) is 52.5 Å². The topological polar surface area (TPSA) is 62.2 Å². The molecule has 1 amide bonds. The smallest absolute Gasteiger partial charge is 0.258 e. The minimum absolute atomic E-state index is 0.149. The van der Waals surface area contributed by atoms with Gasteiger partial charge in [0.1, 0.15) is 16.2 Å². The molecule has 0 aliphatic heterocycles. The summed E-state index contributed by atoms with van der Waals surface area (Å²) in [5.74, 6) is -1.62. The van der Waals surface area contributed by atoms with Gasteiger partial charge in [-0.1, -0.05) is 0 Å². The summed E-state index contributed by atoms with van der Waals surface area (Å²) in [6.07, 6.45) is 1.56. The van der Waals surface area contributed by atoms with Gasteiger partial charge >= 0.3 is 0 Å². The van der Waals surface area contributed by atoms with Crippen molar-refractivity contribution in [2.24, 2.45) is 0 Å². The number of hydrogen-bond donors (Lipinski definition) is 2. The van der Waals surface area contributed by atoms with Gasteiger partial charge in [-0.3, -0.25) is 4.79 Å². The number of benzene rings is 1. The lowest BCUT2D eigenvalue weighted by Crippen LogP contribution is -2.14. The molecule has 18 heavy (non-hydrogen) atoms. The summed E-state index contributed by atoms with van der Waals surface area (Å²) < 4.78 is 13.9. The van der Waals surface area contributed by atoms with Crippen LogP contribution in [0, 0.1) is 5.82 Å². The maximum Gasteiger partial charge on any atom is 0.258 e. The highest BCUT2D eigenvalue weighted by molar-refractivity contribution is 9.10. The quantitative estimate of drug-likeness (QED) is 0.838. The summed E-state index contributed by atoms with van der Waals surface area (Å²) in [6.45, 7) is 0. The van der Waals surface area contributed by atoms with Crippen LogP contribution in [0.1, 0.15) is 10.4 Å². The van der Waals surface area contributed by atoms with Crippen molar-refractivity contribution in [2.75, 3.05) is 5.32 Å². The van der Waals surface area contributed by atoms with Crippen LogP contribution < -0.4 is 5.32 Å². The van der Waals surface area contributed by atoms with Crippen LogP contribution in [0.2, 0.25) is 0 Å². The molecular weight excluding hydrogens is 303 g/mol. The number of carbonyl (C=O) groups is 1. The third kappa shape index (κ3) is 2.65. The molecule has 1 aromatic carbocycles. The number of anilines is 1. The Balaban J connectivity index is 2.25. The zero-order valence-corrected chi connectivity index (χ0v) is 10.6. The summed E-state index contributed by atoms with van der Waals surface area (Å²) in [6, 6.07) is 6.62. The van der Waals surface area contributed by atoms with Gasteiger partial charge in [0.2, 0.25) is 0 Å². The van der Waals surface area contributed by atoms with Crippen LogP contribution in [0.5, 0.6) is 5.75 Å². The fourth-order valence-corrected chi connectivity index (χ4v) is 1.71. The summed E-state index contributed by atoms with van der Waals surface area (Å²) in [7, 11) is 0. The highest BCUT2D eigenvalue weighted by atomic mass is 79.9. The SMILES string of the molecule is O=C(Nc1cccnc1Br)c1ccc(O)cc1F. The maximum absolute atomic E-state index is 13.5. The number of carbonyl (C=O) groups excluding carboxylic acids is 1. The van der Waals surface area contributed by atoms with Crippen molar-refractivity contribution in [1.82, 2.24) is 4.98 Å². The molecule has 0 aliphatic carbocycles. The number of nitrogens with one attached hydrogen (secondary N) is 1. The van der Waals surface area contributed by atoms with Crippen LogP contribution in [-0.2, 0) is 0 Å². The number of halogens is 2. The molecule has 0 aliphatic rings. The molecule has 0 spiro atoms. The van der Waals surface area contributed by atoms with E-state index in [1.807, 2.05) is 0 Å². The lowest BCUT2D eigenvalue weighted by molar-refractivity contribution is 0.102. The number of pyridine rings is 1. The predicted molar refractivity (Wildman–Crippen MR) is 68.0 cm³/mol. The average molecular weight is 311 g/mol. The van der Waals surface area contributed by atoms with E-state index in [4.69, 9.17) is 5.11 Å². The molecule has 0 radical (unpaired) electrons. The first-order valence-electron chi connectivity index (χ1n) is 4.98. The van der Waals surface area contributed by atoms with E-state index in [9.17, 15) is 9.18 Å². The normalized spacial score (nSPS) is 10.1. The number of aromatic nitrogens is 1. The Morgan fingerprint density at radius 2 is 2.17 bits per heavy atom. The van der Waals surface area contributed by atoms with Gasteiger partial charge in [-0.2, -0.15) is 0 Å². The number of aromatic hydroxyl groups is 1. The molecule has 0 fully saturated rings. The molecule has 2 rings (SSSR count). The molecule has 0 saturated carbocycles. The van der Waals surface area contributed by atoms with Crippen LogP contribution in [0.15, 0.2) is 41.1 Å². The zero-order chi connectivity index (χ0) is 13.1. The molecule has 4 nitrogen and oxygen atoms in total. The number of phenols is 1. The van der Waals surface area contributed by atoms with Crippen LogP contribution in [0.25, 0.3) is 0 Å². The first kappa shape index (κ1) is 12.5. The van der Waals surface area contributed by atoms with Gasteiger partial charge in [-0.25, -0.2) is 9.37 Å². The van der Waals surface area contributed by atoms with Gasteiger partial charge in [0.15, 0.2) is 0 Å². The minimum atomic E-state index is -0.785. The third-order valence-corrected chi connectivity index (χ3v) is 2.84. The maximum atomic E-state index is 13.5. The molecule has 0 saturated heterocycles. The second-order valence-electron chi connectivity index (χ2n) is 3.46. The van der Waals surface area contributed by atoms with Crippen molar-refractivity contribution in [2.45, 2.75) is 0 Å². The highest BCUT2D eigenvalue weighted by Crippen LogP contribution is 2.21. The van der Waals surface area contributed by atoms with E-state index in [0.29, 0.717) is 10.3 Å². The fraction of sp³-hybridized carbons (Fsp3) is 0. The Bertz CT molecular complexity index is 604. The van der Waals surface area contributed by atoms with E-state index in [0.717, 1.165) is 6.07 Å². The fourth-order valence-electron chi connectivity index (χ4n) is 1.36. The summed E-state index contributed by atoms with van der Waals surface area (Å²) >= 11 is 3.17. The standard InChI is InChI=1S/C12H8BrFN2O2/c13-11-10(2-1-5-15-11)16-12(18)8-4-3-7(17)6-9(8)14/h1-6,17H,(H,16,18). The minimum Gasteiger partial charge on any atom is -0.508 e. The van der Waals surface area contributed by atoms with Crippen molar-refractivity contribution in [3.63, 3.8) is 0 Å². The van der Waals surface area contributed by atoms with Gasteiger partial charge < -0.3 is 10.4 Å². The monoisotopic (exact) mass is 310 g/mol. The first-order valence-corrected chi connectivity index (χ1v) is 5.77. The lowest BCUT2D eigenvalue weighted by Gasteiger charge is -2.07. The van der Waals surface area contributed by atoms with Crippen molar-refractivity contribution in [1.29, 1.82) is 0 Å². The molecular formula is C12H8BrFN2O2. The summed E-state index contributed by atoms with van der Waals surface area (Å²) in [5, 5.41) is 11.6. The molecule has 0 unspecified atom stereocenters. The van der Waals surface area contributed by atoms with Crippen LogP contribution >= 0.6 is 15.9 Å². The second kappa shape index (κ2) is 5.14. The number of rotatable bonds is 2. The molecule has 0 atom stereocenters. The van der Waals surface area contributed by atoms with E-state index in [2.05, 4.69) is 26.2 Å². The van der Waals surface area contributed by atoms with E-state index in [1.54, 1.807) is 18.3 Å². The van der Waals surface area contributed by atoms with Crippen LogP contribution in [-0.4, -0.2) is 16.0 Å². The Morgan fingerprint density at radius 1 is 1.39 bits per heavy atom. The largest absolute Gasteiger partial charge is 0.508 e. The molecule has 0 bridgehead atoms. The van der Waals surface area contributed by atoms with Gasteiger partial charge in [0, 0.05) is 12.3 Å². The molecule has 6 heteroatoms. The second-order valence-corrected chi connectivity index (χ2v) is 4.21. The Morgan fingerprint density at radius 3 is 2.83 bits per heavy atom. The first-order chi connectivity index (χ1) is 8.58. The molecule has 92 valence electrons. The predicted octanol–water partition coefficient (Wildman–Crippen LogP) is 2.94. The van der Waals surface area contributed by atoms with E-state index in [-0.39, 0.29) is 11.3 Å². The number of phenolic OH excluding ortho intramolecular Hbond substituents is 1. The molecule has 2 aromatic rings. The van der Waals surface area contributed by atoms with Gasteiger partial charge in [-0.05, 0) is 40.2 Å². The summed E-state index contributed by atoms with van der Waals surface area (Å²) in [5.41, 5.74) is 0.290. The Hall–Kier alpha value is -1.95. The van der Waals surface area contributed by atoms with Gasteiger partial charge in [0.05, 0.1) is 11.3 Å².